The van der Waals surface area contributed by atoms with Crippen LogP contribution in [0, 0.1) is 17.8 Å². The highest BCUT2D eigenvalue weighted by atomic mass is 35.5. The lowest BCUT2D eigenvalue weighted by molar-refractivity contribution is -0.0964. The molecule has 4 aliphatic carbocycles. The molecule has 5 aliphatic rings. The first-order chi connectivity index (χ1) is 14.4. The van der Waals surface area contributed by atoms with Crippen LogP contribution in [0.25, 0.3) is 10.8 Å². The summed E-state index contributed by atoms with van der Waals surface area (Å²) in [6.07, 6.45) is 8.35. The molecule has 6 heteroatoms. The number of hydrogen-bond acceptors (Lipinski definition) is 3. The van der Waals surface area contributed by atoms with E-state index in [1.807, 2.05) is 24.3 Å². The van der Waals surface area contributed by atoms with Crippen LogP contribution < -0.4 is 0 Å². The molecule has 4 nitrogen and oxygen atoms in total. The summed E-state index contributed by atoms with van der Waals surface area (Å²) < 4.78 is 28.8. The van der Waals surface area contributed by atoms with Crippen LogP contribution in [-0.2, 0) is 10.0 Å². The number of sulfonamides is 1. The maximum absolute atomic E-state index is 13.5. The first-order valence-electron chi connectivity index (χ1n) is 11.4. The fourth-order valence-electron chi connectivity index (χ4n) is 7.45. The molecule has 0 atom stereocenters. The summed E-state index contributed by atoms with van der Waals surface area (Å²) in [5, 5.41) is 2.11. The number of halogens is 1. The van der Waals surface area contributed by atoms with Gasteiger partial charge in [0.15, 0.2) is 0 Å². The topological polar surface area (TPSA) is 40.6 Å². The van der Waals surface area contributed by atoms with Gasteiger partial charge in [0, 0.05) is 47.5 Å². The standard InChI is InChI=1S/C24H29ClN2O2S/c25-22-5-6-23(21-4-2-1-3-20(21)22)30(28,29)27-9-7-26(8-10-27)24-14-17-11-18(15-24)13-19(12-17)16-24/h1-6,17-19H,7-16H2. The van der Waals surface area contributed by atoms with Gasteiger partial charge in [-0.25, -0.2) is 8.42 Å². The number of piperazine rings is 1. The van der Waals surface area contributed by atoms with E-state index in [1.54, 1.807) is 16.4 Å². The number of hydrogen-bond donors (Lipinski definition) is 0. The first-order valence-corrected chi connectivity index (χ1v) is 13.2. The third-order valence-corrected chi connectivity index (χ3v) is 10.7. The second-order valence-corrected chi connectivity index (χ2v) is 12.4. The largest absolute Gasteiger partial charge is 0.295 e. The maximum Gasteiger partial charge on any atom is 0.243 e. The monoisotopic (exact) mass is 444 g/mol. The van der Waals surface area contributed by atoms with Crippen molar-refractivity contribution in [3.63, 3.8) is 0 Å². The SMILES string of the molecule is O=S(=O)(c1ccc(Cl)c2ccccc12)N1CCN(C23CC4CC(CC(C4)C2)C3)CC1. The molecule has 0 unspecified atom stereocenters. The molecule has 0 amide bonds. The van der Waals surface area contributed by atoms with Gasteiger partial charge in [0.05, 0.1) is 4.90 Å². The molecule has 160 valence electrons. The maximum atomic E-state index is 13.5. The quantitative estimate of drug-likeness (QED) is 0.684. The van der Waals surface area contributed by atoms with Crippen LogP contribution in [0.2, 0.25) is 5.02 Å². The van der Waals surface area contributed by atoms with Gasteiger partial charge in [0.2, 0.25) is 10.0 Å². The molecule has 5 fully saturated rings. The minimum Gasteiger partial charge on any atom is -0.295 e. The van der Waals surface area contributed by atoms with Crippen LogP contribution in [0.1, 0.15) is 38.5 Å². The summed E-state index contributed by atoms with van der Waals surface area (Å²) in [5.74, 6) is 2.75. The lowest BCUT2D eigenvalue weighted by Gasteiger charge is -2.61. The highest BCUT2D eigenvalue weighted by Crippen LogP contribution is 2.57. The minimum atomic E-state index is -3.54. The smallest absolute Gasteiger partial charge is 0.243 e. The van der Waals surface area contributed by atoms with Gasteiger partial charge in [-0.15, -0.1) is 0 Å². The van der Waals surface area contributed by atoms with Gasteiger partial charge in [-0.1, -0.05) is 35.9 Å². The zero-order valence-corrected chi connectivity index (χ0v) is 18.8. The van der Waals surface area contributed by atoms with Gasteiger partial charge in [0.25, 0.3) is 0 Å². The second kappa shape index (κ2) is 6.93. The first kappa shape index (κ1) is 19.5. The van der Waals surface area contributed by atoms with Crippen molar-refractivity contribution in [2.45, 2.75) is 49.0 Å². The third-order valence-electron chi connectivity index (χ3n) is 8.36. The van der Waals surface area contributed by atoms with Crippen LogP contribution in [0.4, 0.5) is 0 Å². The van der Waals surface area contributed by atoms with Gasteiger partial charge in [-0.2, -0.15) is 4.31 Å². The number of rotatable bonds is 3. The number of fused-ring (bicyclic) bond motifs is 1. The Bertz CT molecular complexity index is 1060. The van der Waals surface area contributed by atoms with Crippen molar-refractivity contribution in [2.75, 3.05) is 26.2 Å². The summed E-state index contributed by atoms with van der Waals surface area (Å²) >= 11 is 6.32. The Morgan fingerprint density at radius 1 is 0.800 bits per heavy atom. The molecule has 0 radical (unpaired) electrons. The van der Waals surface area contributed by atoms with E-state index in [9.17, 15) is 8.42 Å². The second-order valence-electron chi connectivity index (χ2n) is 10.1. The van der Waals surface area contributed by atoms with E-state index >= 15 is 0 Å². The molecule has 1 heterocycles. The zero-order chi connectivity index (χ0) is 20.5. The van der Waals surface area contributed by atoms with Crippen molar-refractivity contribution in [3.05, 3.63) is 41.4 Å². The Morgan fingerprint density at radius 3 is 1.97 bits per heavy atom. The van der Waals surface area contributed by atoms with Crippen molar-refractivity contribution >= 4 is 32.4 Å². The highest BCUT2D eigenvalue weighted by Gasteiger charge is 2.54. The molecular weight excluding hydrogens is 416 g/mol. The predicted molar refractivity (Wildman–Crippen MR) is 120 cm³/mol. The van der Waals surface area contributed by atoms with Gasteiger partial charge >= 0.3 is 0 Å². The third kappa shape index (κ3) is 2.96. The Morgan fingerprint density at radius 2 is 1.37 bits per heavy atom. The fraction of sp³-hybridized carbons (Fsp3) is 0.583. The van der Waals surface area contributed by atoms with E-state index in [0.717, 1.165) is 36.2 Å². The molecule has 2 aromatic carbocycles. The summed E-state index contributed by atoms with van der Waals surface area (Å²) in [6.45, 7) is 2.88. The predicted octanol–water partition coefficient (Wildman–Crippen LogP) is 4.77. The Kier molecular flexibility index (Phi) is 4.51. The molecule has 0 spiro atoms. The van der Waals surface area contributed by atoms with Crippen LogP contribution in [0.3, 0.4) is 0 Å². The van der Waals surface area contributed by atoms with Crippen molar-refractivity contribution < 1.29 is 8.42 Å². The summed E-state index contributed by atoms with van der Waals surface area (Å²) in [7, 11) is -3.54. The lowest BCUT2D eigenvalue weighted by atomic mass is 9.52. The Hall–Kier alpha value is -1.14. The molecule has 0 aromatic heterocycles. The van der Waals surface area contributed by atoms with Crippen LogP contribution >= 0.6 is 11.6 Å². The van der Waals surface area contributed by atoms with E-state index in [0.29, 0.717) is 33.9 Å². The summed E-state index contributed by atoms with van der Waals surface area (Å²) in [4.78, 5) is 3.05. The van der Waals surface area contributed by atoms with Gasteiger partial charge in [0.1, 0.15) is 0 Å². The van der Waals surface area contributed by atoms with E-state index in [1.165, 1.54) is 38.5 Å². The average Bonchev–Trinajstić information content (AvgIpc) is 2.73. The summed E-state index contributed by atoms with van der Waals surface area (Å²) in [6, 6.07) is 10.9. The molecule has 1 aliphatic heterocycles. The van der Waals surface area contributed by atoms with E-state index < -0.39 is 10.0 Å². The Labute approximate surface area is 184 Å². The fourth-order valence-corrected chi connectivity index (χ4v) is 9.30. The highest BCUT2D eigenvalue weighted by molar-refractivity contribution is 7.89. The minimum absolute atomic E-state index is 0.359. The van der Waals surface area contributed by atoms with Crippen LogP contribution in [-0.4, -0.2) is 49.3 Å². The molecule has 7 rings (SSSR count). The average molecular weight is 445 g/mol. The van der Waals surface area contributed by atoms with Crippen LogP contribution in [0.5, 0.6) is 0 Å². The van der Waals surface area contributed by atoms with Crippen molar-refractivity contribution in [3.8, 4) is 0 Å². The van der Waals surface area contributed by atoms with Crippen molar-refractivity contribution in [1.82, 2.24) is 9.21 Å². The van der Waals surface area contributed by atoms with Crippen molar-refractivity contribution in [1.29, 1.82) is 0 Å². The lowest BCUT2D eigenvalue weighted by Crippen LogP contribution is -2.64. The van der Waals surface area contributed by atoms with Crippen LogP contribution in [0.15, 0.2) is 41.3 Å². The Balaban J connectivity index is 1.24. The summed E-state index contributed by atoms with van der Waals surface area (Å²) in [5.41, 5.74) is 0.359. The number of nitrogens with zero attached hydrogens (tertiary/aromatic N) is 2. The van der Waals surface area contributed by atoms with Gasteiger partial charge < -0.3 is 0 Å². The molecular formula is C24H29ClN2O2S. The molecule has 4 bridgehead atoms. The molecule has 30 heavy (non-hydrogen) atoms. The van der Waals surface area contributed by atoms with E-state index in [2.05, 4.69) is 4.90 Å². The van der Waals surface area contributed by atoms with E-state index in [4.69, 9.17) is 11.6 Å². The number of benzene rings is 2. The molecule has 0 N–H and O–H groups in total. The van der Waals surface area contributed by atoms with Gasteiger partial charge in [-0.05, 0) is 68.4 Å². The van der Waals surface area contributed by atoms with Crippen molar-refractivity contribution in [2.24, 2.45) is 17.8 Å². The van der Waals surface area contributed by atoms with E-state index in [-0.39, 0.29) is 0 Å². The van der Waals surface area contributed by atoms with Gasteiger partial charge in [-0.3, -0.25) is 4.90 Å². The zero-order valence-electron chi connectivity index (χ0n) is 17.3. The molecule has 4 saturated carbocycles. The molecule has 1 saturated heterocycles. The normalized spacial score (nSPS) is 34.6. The molecule has 2 aromatic rings.